The van der Waals surface area contributed by atoms with Crippen LogP contribution in [0.5, 0.6) is 0 Å². The fourth-order valence-corrected chi connectivity index (χ4v) is 6.50. The lowest BCUT2D eigenvalue weighted by Gasteiger charge is -2.26. The highest BCUT2D eigenvalue weighted by molar-refractivity contribution is 6.18. The third-order valence-electron chi connectivity index (χ3n) is 9.02. The molecule has 11 aromatic rings. The molecule has 0 spiro atoms. The fourth-order valence-electron chi connectivity index (χ4n) is 6.50. The van der Waals surface area contributed by atoms with Gasteiger partial charge in [0.05, 0.1) is 57.6 Å². The summed E-state index contributed by atoms with van der Waals surface area (Å²) in [6.45, 7) is 0. The van der Waals surface area contributed by atoms with E-state index >= 15 is 0 Å². The number of hydrogen-bond acceptors (Lipinski definition) is 1. The molecule has 2 nitrogen and oxygen atoms in total. The van der Waals surface area contributed by atoms with Crippen LogP contribution in [0.15, 0.2) is 230 Å². The van der Waals surface area contributed by atoms with Gasteiger partial charge in [0.15, 0.2) is 0 Å². The molecule has 2 heteroatoms. The maximum atomic E-state index is 10.2. The SMILES string of the molecule is [2H]c1cc(-c2c([2H])c(-c3c([2H])c([2H])c([2H])c([2H])c3[2H])c([2H])c3c2c2c([2H])c([2H])c(N(c4cc([2H])c(-c5c([2H])c([2H])c([2H])c([2H])c5[2H])c([2H])c4[2H])c4cc5c([2H])c([2H])c([2H])c([2H])c5c([2H])c4[2H])cc2n3-c2c([2H])c([2H])c3c([2H])c([2H])c([2H])c([2H])c3c2[2H])c([2H])c([2H])c1[2H]. The first-order chi connectivity index (χ1) is 42.9. The number of anilines is 3. The summed E-state index contributed by atoms with van der Waals surface area (Å²) in [7, 11) is 0. The summed E-state index contributed by atoms with van der Waals surface area (Å²) in [5, 5.41) is -3.71. The number of rotatable bonds is 7. The van der Waals surface area contributed by atoms with E-state index < -0.39 is 305 Å². The Morgan fingerprint density at radius 2 is 0.948 bits per heavy atom. The van der Waals surface area contributed by atoms with Crippen LogP contribution in [-0.4, -0.2) is 4.57 Å². The minimum Gasteiger partial charge on any atom is -0.310 e. The normalized spacial score (nSPS) is 19.7. The number of hydrogen-bond donors (Lipinski definition) is 0. The molecule has 0 saturated carbocycles. The summed E-state index contributed by atoms with van der Waals surface area (Å²) >= 11 is 0. The standard InChI is InChI=1S/C56H38N2/c1-4-14-39(15-5-1)43-24-28-48(29-25-43)57(49-30-26-41-18-10-12-22-45(41)34-49)51-32-33-52-54(38-51)58(50-31-27-42-19-11-13-23-46(42)35-50)55-37-47(40-16-6-2-7-17-40)36-53(56(52)55)44-20-8-3-9-21-44/h1-38H/i1D,2D,3D,4D,5D,6D,7D,8D,9D,10D,11D,12D,13D,14D,15D,16D,17D,18D,19D,20D,22D,23D,24D,25D,26D,27D,28D,30D,31D,32D,33D,35D,36D,37D. The molecular weight excluding hydrogens is 701 g/mol. The Morgan fingerprint density at radius 1 is 0.362 bits per heavy atom. The van der Waals surface area contributed by atoms with Gasteiger partial charge in [-0.3, -0.25) is 0 Å². The molecule has 0 radical (unpaired) electrons. The Kier molecular flexibility index (Phi) is 3.35. The van der Waals surface area contributed by atoms with Crippen LogP contribution in [0.2, 0.25) is 0 Å². The quantitative estimate of drug-likeness (QED) is 0.157. The Labute approximate surface area is 385 Å². The summed E-state index contributed by atoms with van der Waals surface area (Å²) in [5.74, 6) is 0. The van der Waals surface area contributed by atoms with Crippen LogP contribution in [0.25, 0.3) is 82.4 Å². The largest absolute Gasteiger partial charge is 0.310 e. The van der Waals surface area contributed by atoms with Gasteiger partial charge in [0.25, 0.3) is 0 Å². The molecule has 0 bridgehead atoms. The second kappa shape index (κ2) is 14.1. The first-order valence-corrected chi connectivity index (χ1v) is 17.2. The van der Waals surface area contributed by atoms with Gasteiger partial charge in [-0.2, -0.15) is 0 Å². The topological polar surface area (TPSA) is 8.17 Å². The van der Waals surface area contributed by atoms with Crippen LogP contribution in [0.4, 0.5) is 17.1 Å². The zero-order chi connectivity index (χ0) is 68.0. The molecule has 0 unspecified atom stereocenters. The second-order valence-electron chi connectivity index (χ2n) is 12.4. The van der Waals surface area contributed by atoms with Gasteiger partial charge >= 0.3 is 0 Å². The molecule has 0 aliphatic carbocycles. The lowest BCUT2D eigenvalue weighted by molar-refractivity contribution is 1.18. The third kappa shape index (κ3) is 5.91. The Hall–Kier alpha value is -7.68. The lowest BCUT2D eigenvalue weighted by Crippen LogP contribution is -2.10. The number of aromatic nitrogens is 1. The van der Waals surface area contributed by atoms with Gasteiger partial charge in [-0.25, -0.2) is 0 Å². The van der Waals surface area contributed by atoms with Crippen molar-refractivity contribution in [2.75, 3.05) is 4.90 Å². The van der Waals surface area contributed by atoms with Crippen molar-refractivity contribution in [2.24, 2.45) is 0 Å². The number of benzene rings is 10. The van der Waals surface area contributed by atoms with E-state index in [2.05, 4.69) is 0 Å². The van der Waals surface area contributed by atoms with E-state index in [9.17, 15) is 17.8 Å². The highest BCUT2D eigenvalue weighted by atomic mass is 15.1. The lowest BCUT2D eigenvalue weighted by atomic mass is 9.94. The molecule has 1 aromatic heterocycles. The summed E-state index contributed by atoms with van der Waals surface area (Å²) in [5.41, 5.74) is -9.22. The Balaban J connectivity index is 1.45. The molecule has 58 heavy (non-hydrogen) atoms. The van der Waals surface area contributed by atoms with Gasteiger partial charge in [0, 0.05) is 33.5 Å². The first kappa shape index (κ1) is 13.8. The van der Waals surface area contributed by atoms with Gasteiger partial charge < -0.3 is 9.47 Å². The monoisotopic (exact) mass is 773 g/mol. The molecule has 0 aliphatic heterocycles. The molecule has 0 aliphatic rings. The van der Waals surface area contributed by atoms with Gasteiger partial charge in [-0.05, 0) is 115 Å². The molecule has 1 heterocycles. The second-order valence-corrected chi connectivity index (χ2v) is 12.4. The number of nitrogens with zero attached hydrogens (tertiary/aromatic N) is 2. The molecule has 0 fully saturated rings. The minimum atomic E-state index is -1.08. The predicted octanol–water partition coefficient (Wildman–Crippen LogP) is 15.6. The highest BCUT2D eigenvalue weighted by Crippen LogP contribution is 2.45. The van der Waals surface area contributed by atoms with Crippen LogP contribution in [0.1, 0.15) is 46.6 Å². The van der Waals surface area contributed by atoms with Crippen molar-refractivity contribution in [3.63, 3.8) is 0 Å². The summed E-state index contributed by atoms with van der Waals surface area (Å²) in [4.78, 5) is 0.715. The first-order valence-electron chi connectivity index (χ1n) is 34.2. The van der Waals surface area contributed by atoms with Crippen LogP contribution < -0.4 is 4.90 Å². The predicted molar refractivity (Wildman–Crippen MR) is 247 cm³/mol. The van der Waals surface area contributed by atoms with Crippen LogP contribution >= 0.6 is 0 Å². The summed E-state index contributed by atoms with van der Waals surface area (Å²) < 4.78 is 310. The van der Waals surface area contributed by atoms with Crippen molar-refractivity contribution < 1.29 is 46.6 Å². The third-order valence-corrected chi connectivity index (χ3v) is 9.02. The summed E-state index contributed by atoms with van der Waals surface area (Å²) in [6.07, 6.45) is 0. The van der Waals surface area contributed by atoms with Crippen molar-refractivity contribution in [3.05, 3.63) is 230 Å². The van der Waals surface area contributed by atoms with E-state index in [0.717, 1.165) is 28.8 Å². The van der Waals surface area contributed by atoms with Crippen molar-refractivity contribution in [1.29, 1.82) is 0 Å². The molecule has 0 N–H and O–H groups in total. The van der Waals surface area contributed by atoms with Gasteiger partial charge in [-0.15, -0.1) is 0 Å². The number of fused-ring (bicyclic) bond motifs is 5. The average Bonchev–Trinajstić information content (AvgIpc) is 1.49. The average molecular weight is 773 g/mol. The van der Waals surface area contributed by atoms with Crippen LogP contribution in [-0.2, 0) is 0 Å². The Bertz CT molecular complexity index is 5230. The fraction of sp³-hybridized carbons (Fsp3) is 0. The van der Waals surface area contributed by atoms with Crippen molar-refractivity contribution in [1.82, 2.24) is 4.57 Å². The summed E-state index contributed by atoms with van der Waals surface area (Å²) in [6, 6.07) is -28.6. The molecule has 0 atom stereocenters. The van der Waals surface area contributed by atoms with Gasteiger partial charge in [-0.1, -0.05) is 169 Å². The maximum absolute atomic E-state index is 10.2. The zero-order valence-electron chi connectivity index (χ0n) is 63.2. The Morgan fingerprint density at radius 3 is 1.74 bits per heavy atom. The molecule has 11 rings (SSSR count). The molecule has 272 valence electrons. The van der Waals surface area contributed by atoms with Crippen molar-refractivity contribution in [2.45, 2.75) is 0 Å². The van der Waals surface area contributed by atoms with Gasteiger partial charge in [0.2, 0.25) is 0 Å². The molecule has 10 aromatic carbocycles. The highest BCUT2D eigenvalue weighted by Gasteiger charge is 2.21. The van der Waals surface area contributed by atoms with Crippen LogP contribution in [0, 0.1) is 0 Å². The minimum absolute atomic E-state index is 0.482. The van der Waals surface area contributed by atoms with E-state index in [4.69, 9.17) is 28.8 Å². The van der Waals surface area contributed by atoms with E-state index in [0.29, 0.717) is 4.90 Å². The van der Waals surface area contributed by atoms with E-state index in [1.54, 1.807) is 0 Å². The maximum Gasteiger partial charge on any atom is 0.0652 e. The van der Waals surface area contributed by atoms with E-state index in [1.165, 1.54) is 0 Å². The van der Waals surface area contributed by atoms with Gasteiger partial charge in [0.1, 0.15) is 0 Å². The zero-order valence-corrected chi connectivity index (χ0v) is 29.2. The van der Waals surface area contributed by atoms with Crippen molar-refractivity contribution in [3.8, 4) is 39.1 Å². The molecule has 0 amide bonds. The molecule has 0 saturated heterocycles. The van der Waals surface area contributed by atoms with Crippen molar-refractivity contribution >= 4 is 60.4 Å². The molecular formula is C56H38N2. The van der Waals surface area contributed by atoms with Crippen LogP contribution in [0.3, 0.4) is 0 Å². The van der Waals surface area contributed by atoms with E-state index in [1.807, 2.05) is 0 Å². The van der Waals surface area contributed by atoms with E-state index in [-0.39, 0.29) is 0 Å². The smallest absolute Gasteiger partial charge is 0.0652 e.